The van der Waals surface area contributed by atoms with Crippen molar-refractivity contribution in [3.63, 3.8) is 0 Å². The molecule has 5 aromatic rings. The fourth-order valence-electron chi connectivity index (χ4n) is 3.91. The summed E-state index contributed by atoms with van der Waals surface area (Å²) in [7, 11) is 1.66. The number of aromatic nitrogens is 3. The van der Waals surface area contributed by atoms with Gasteiger partial charge in [-0.15, -0.1) is 21.5 Å². The molecule has 0 spiro atoms. The lowest BCUT2D eigenvalue weighted by molar-refractivity contribution is 0.412. The molecule has 0 unspecified atom stereocenters. The Morgan fingerprint density at radius 3 is 2.71 bits per heavy atom. The molecule has 5 rings (SSSR count). The number of nitrogens with zero attached hydrogens (tertiary/aromatic N) is 3. The monoisotopic (exact) mass is 489 g/mol. The van der Waals surface area contributed by atoms with Gasteiger partial charge < -0.3 is 9.15 Å². The summed E-state index contributed by atoms with van der Waals surface area (Å²) in [6.45, 7) is 6.04. The number of aryl methyl sites for hydroxylation is 3. The Hall–Kier alpha value is -3.36. The van der Waals surface area contributed by atoms with E-state index in [2.05, 4.69) is 22.3 Å². The molecule has 0 atom stereocenters. The van der Waals surface area contributed by atoms with Crippen LogP contribution < -0.4 is 10.4 Å². The lowest BCUT2D eigenvalue weighted by Gasteiger charge is -2.14. The quantitative estimate of drug-likeness (QED) is 0.205. The highest BCUT2D eigenvalue weighted by atomic mass is 32.2. The van der Waals surface area contributed by atoms with E-state index < -0.39 is 0 Å². The maximum Gasteiger partial charge on any atom is 0.336 e. The smallest absolute Gasteiger partial charge is 0.336 e. The molecule has 0 aliphatic carbocycles. The number of hydrogen-bond donors (Lipinski definition) is 0. The topological polar surface area (TPSA) is 70.2 Å². The van der Waals surface area contributed by atoms with Crippen LogP contribution in [-0.4, -0.2) is 21.9 Å². The van der Waals surface area contributed by atoms with Gasteiger partial charge in [0.05, 0.1) is 17.7 Å². The lowest BCUT2D eigenvalue weighted by Crippen LogP contribution is -2.04. The SMILES string of the molecule is COc1ccc(C)cc1-n1c(SCc2cc(=O)oc3c(C)c(C)ccc23)nnc1-c1cccs1. The van der Waals surface area contributed by atoms with E-state index in [1.165, 1.54) is 11.8 Å². The predicted octanol–water partition coefficient (Wildman–Crippen LogP) is 6.33. The number of thioether (sulfide) groups is 1. The Morgan fingerprint density at radius 1 is 1.09 bits per heavy atom. The molecule has 0 aliphatic heterocycles. The normalized spacial score (nSPS) is 11.3. The van der Waals surface area contributed by atoms with E-state index in [-0.39, 0.29) is 5.63 Å². The zero-order valence-corrected chi connectivity index (χ0v) is 20.9. The zero-order chi connectivity index (χ0) is 23.8. The van der Waals surface area contributed by atoms with E-state index >= 15 is 0 Å². The third-order valence-corrected chi connectivity index (χ3v) is 7.67. The maximum absolute atomic E-state index is 12.3. The average Bonchev–Trinajstić information content (AvgIpc) is 3.50. The number of benzene rings is 2. The van der Waals surface area contributed by atoms with Crippen LogP contribution in [0.2, 0.25) is 0 Å². The van der Waals surface area contributed by atoms with Crippen molar-refractivity contribution >= 4 is 34.1 Å². The standard InChI is InChI=1S/C26H23N3O3S2/c1-15-7-10-21(31-4)20(12-15)29-25(22-6-5-11-33-22)27-28-26(29)34-14-18-13-23(30)32-24-17(3)16(2)8-9-19(18)24/h5-13H,14H2,1-4H3. The lowest BCUT2D eigenvalue weighted by atomic mass is 10.0. The minimum absolute atomic E-state index is 0.349. The molecule has 6 nitrogen and oxygen atoms in total. The summed E-state index contributed by atoms with van der Waals surface area (Å²) >= 11 is 3.14. The van der Waals surface area contributed by atoms with Crippen molar-refractivity contribution in [3.8, 4) is 22.1 Å². The van der Waals surface area contributed by atoms with E-state index in [0.29, 0.717) is 11.3 Å². The Morgan fingerprint density at radius 2 is 1.94 bits per heavy atom. The number of hydrogen-bond acceptors (Lipinski definition) is 7. The van der Waals surface area contributed by atoms with E-state index in [1.807, 2.05) is 61.1 Å². The second-order valence-electron chi connectivity index (χ2n) is 8.06. The van der Waals surface area contributed by atoms with Gasteiger partial charge in [0.25, 0.3) is 0 Å². The Bertz CT molecular complexity index is 1550. The van der Waals surface area contributed by atoms with Crippen molar-refractivity contribution in [2.45, 2.75) is 31.7 Å². The summed E-state index contributed by atoms with van der Waals surface area (Å²) in [4.78, 5) is 13.3. The molecular formula is C26H23N3O3S2. The second-order valence-corrected chi connectivity index (χ2v) is 9.95. The van der Waals surface area contributed by atoms with Gasteiger partial charge in [0.15, 0.2) is 11.0 Å². The van der Waals surface area contributed by atoms with Crippen LogP contribution in [0.15, 0.2) is 68.3 Å². The van der Waals surface area contributed by atoms with Crippen LogP contribution in [0, 0.1) is 20.8 Å². The van der Waals surface area contributed by atoms with Gasteiger partial charge in [-0.05, 0) is 66.6 Å². The van der Waals surface area contributed by atoms with Crippen molar-refractivity contribution in [1.82, 2.24) is 14.8 Å². The van der Waals surface area contributed by atoms with E-state index in [1.54, 1.807) is 24.5 Å². The summed E-state index contributed by atoms with van der Waals surface area (Å²) in [5.41, 5.74) is 5.25. The molecule has 0 radical (unpaired) electrons. The molecule has 3 heterocycles. The summed E-state index contributed by atoms with van der Waals surface area (Å²) in [5.74, 6) is 2.04. The van der Waals surface area contributed by atoms with Crippen molar-refractivity contribution in [3.05, 3.63) is 86.6 Å². The van der Waals surface area contributed by atoms with Crippen molar-refractivity contribution < 1.29 is 9.15 Å². The van der Waals surface area contributed by atoms with Gasteiger partial charge in [-0.2, -0.15) is 0 Å². The molecule has 0 amide bonds. The highest BCUT2D eigenvalue weighted by Gasteiger charge is 2.20. The van der Waals surface area contributed by atoms with Gasteiger partial charge in [-0.1, -0.05) is 36.0 Å². The number of thiophene rings is 1. The average molecular weight is 490 g/mol. The zero-order valence-electron chi connectivity index (χ0n) is 19.3. The summed E-state index contributed by atoms with van der Waals surface area (Å²) in [6, 6.07) is 15.7. The molecule has 0 N–H and O–H groups in total. The van der Waals surface area contributed by atoms with E-state index in [4.69, 9.17) is 9.15 Å². The number of ether oxygens (including phenoxy) is 1. The third kappa shape index (κ3) is 4.03. The van der Waals surface area contributed by atoms with Gasteiger partial charge in [-0.3, -0.25) is 4.57 Å². The van der Waals surface area contributed by atoms with Crippen LogP contribution in [0.4, 0.5) is 0 Å². The highest BCUT2D eigenvalue weighted by Crippen LogP contribution is 2.36. The van der Waals surface area contributed by atoms with Crippen LogP contribution in [-0.2, 0) is 5.75 Å². The first kappa shape index (κ1) is 22.4. The molecule has 172 valence electrons. The fraction of sp³-hybridized carbons (Fsp3) is 0.192. The molecule has 2 aromatic carbocycles. The van der Waals surface area contributed by atoms with Gasteiger partial charge >= 0.3 is 5.63 Å². The molecule has 3 aromatic heterocycles. The fourth-order valence-corrected chi connectivity index (χ4v) is 5.54. The number of rotatable bonds is 6. The third-order valence-electron chi connectivity index (χ3n) is 5.82. The summed E-state index contributed by atoms with van der Waals surface area (Å²) in [6.07, 6.45) is 0. The van der Waals surface area contributed by atoms with Gasteiger partial charge in [0.2, 0.25) is 0 Å². The number of methoxy groups -OCH3 is 1. The molecule has 8 heteroatoms. The molecule has 0 saturated carbocycles. The Labute approximate surface area is 205 Å². The number of fused-ring (bicyclic) bond motifs is 1. The van der Waals surface area contributed by atoms with Gasteiger partial charge in [0, 0.05) is 17.2 Å². The molecular weight excluding hydrogens is 466 g/mol. The van der Waals surface area contributed by atoms with Gasteiger partial charge in [0.1, 0.15) is 11.3 Å². The Balaban J connectivity index is 1.61. The first-order chi connectivity index (χ1) is 16.5. The molecule has 0 saturated heterocycles. The van der Waals surface area contributed by atoms with Crippen LogP contribution in [0.25, 0.3) is 27.4 Å². The van der Waals surface area contributed by atoms with Gasteiger partial charge in [-0.25, -0.2) is 4.79 Å². The van der Waals surface area contributed by atoms with Crippen LogP contribution in [0.3, 0.4) is 0 Å². The Kier molecular flexibility index (Phi) is 6.02. The van der Waals surface area contributed by atoms with Crippen LogP contribution >= 0.6 is 23.1 Å². The molecule has 34 heavy (non-hydrogen) atoms. The minimum atomic E-state index is -0.349. The molecule has 0 fully saturated rings. The van der Waals surface area contributed by atoms with Crippen molar-refractivity contribution in [2.75, 3.05) is 7.11 Å². The maximum atomic E-state index is 12.3. The minimum Gasteiger partial charge on any atom is -0.495 e. The first-order valence-electron chi connectivity index (χ1n) is 10.8. The molecule has 0 bridgehead atoms. The highest BCUT2D eigenvalue weighted by molar-refractivity contribution is 7.98. The first-order valence-corrected chi connectivity index (χ1v) is 12.6. The largest absolute Gasteiger partial charge is 0.495 e. The summed E-state index contributed by atoms with van der Waals surface area (Å²) < 4.78 is 13.3. The van der Waals surface area contributed by atoms with E-state index in [9.17, 15) is 4.79 Å². The summed E-state index contributed by atoms with van der Waals surface area (Å²) in [5, 5.41) is 12.7. The predicted molar refractivity (Wildman–Crippen MR) is 137 cm³/mol. The van der Waals surface area contributed by atoms with Crippen molar-refractivity contribution in [1.29, 1.82) is 0 Å². The van der Waals surface area contributed by atoms with E-state index in [0.717, 1.165) is 54.9 Å². The van der Waals surface area contributed by atoms with Crippen LogP contribution in [0.5, 0.6) is 5.75 Å². The second kappa shape index (κ2) is 9.12. The van der Waals surface area contributed by atoms with Crippen LogP contribution in [0.1, 0.15) is 22.3 Å². The molecule has 0 aliphatic rings. The van der Waals surface area contributed by atoms with Crippen molar-refractivity contribution in [2.24, 2.45) is 0 Å².